The number of nitrogens with one attached hydrogen (secondary N) is 1. The van der Waals surface area contributed by atoms with Crippen LogP contribution in [0.3, 0.4) is 0 Å². The maximum absolute atomic E-state index is 11.1. The van der Waals surface area contributed by atoms with E-state index in [1.54, 1.807) is 0 Å². The monoisotopic (exact) mass is 291 g/mol. The number of rotatable bonds is 12. The van der Waals surface area contributed by atoms with E-state index in [1.807, 2.05) is 0 Å². The van der Waals surface area contributed by atoms with Crippen LogP contribution in [0.5, 0.6) is 0 Å². The molecule has 0 aliphatic rings. The molecule has 0 radical (unpaired) electrons. The highest BCUT2D eigenvalue weighted by Crippen LogP contribution is 1.89. The van der Waals surface area contributed by atoms with Crippen LogP contribution in [0.2, 0.25) is 0 Å². The van der Waals surface area contributed by atoms with E-state index in [0.29, 0.717) is 32.8 Å². The Hall–Kier alpha value is -1.67. The van der Waals surface area contributed by atoms with Crippen molar-refractivity contribution < 1.29 is 33.7 Å². The normalized spacial score (nSPS) is 10.1. The molecule has 8 heteroatoms. The highest BCUT2D eigenvalue weighted by molar-refractivity contribution is 5.80. The van der Waals surface area contributed by atoms with Gasteiger partial charge in [-0.3, -0.25) is 9.59 Å². The number of aliphatic carboxylic acids is 1. The first kappa shape index (κ1) is 18.3. The van der Waals surface area contributed by atoms with Gasteiger partial charge in [0, 0.05) is 19.6 Å². The van der Waals surface area contributed by atoms with Crippen molar-refractivity contribution in [1.82, 2.24) is 5.32 Å². The van der Waals surface area contributed by atoms with Crippen molar-refractivity contribution in [2.24, 2.45) is 0 Å². The summed E-state index contributed by atoms with van der Waals surface area (Å²) in [6.07, 6.45) is 0.438. The summed E-state index contributed by atoms with van der Waals surface area (Å²) in [5.41, 5.74) is 0. The quantitative estimate of drug-likeness (QED) is 0.370. The van der Waals surface area contributed by atoms with Gasteiger partial charge in [-0.15, -0.1) is 0 Å². The number of carboxylic acids is 1. The third kappa shape index (κ3) is 12.8. The Labute approximate surface area is 117 Å². The topological polar surface area (TPSA) is 111 Å². The van der Waals surface area contributed by atoms with Crippen LogP contribution in [-0.2, 0) is 28.6 Å². The van der Waals surface area contributed by atoms with E-state index in [-0.39, 0.29) is 25.4 Å². The molecule has 0 aromatic carbocycles. The van der Waals surface area contributed by atoms with Crippen LogP contribution in [0.25, 0.3) is 0 Å². The number of esters is 1. The summed E-state index contributed by atoms with van der Waals surface area (Å²) >= 11 is 0. The van der Waals surface area contributed by atoms with E-state index in [2.05, 4.69) is 10.1 Å². The molecule has 0 aliphatic heterocycles. The molecule has 0 bridgehead atoms. The first-order chi connectivity index (χ1) is 9.56. The fourth-order valence-corrected chi connectivity index (χ4v) is 1.15. The van der Waals surface area contributed by atoms with Gasteiger partial charge in [0.05, 0.1) is 26.7 Å². The van der Waals surface area contributed by atoms with Gasteiger partial charge >= 0.3 is 11.9 Å². The van der Waals surface area contributed by atoms with Crippen molar-refractivity contribution in [2.75, 3.05) is 40.1 Å². The predicted octanol–water partition coefficient (Wildman–Crippen LogP) is -0.436. The highest BCUT2D eigenvalue weighted by atomic mass is 16.6. The van der Waals surface area contributed by atoms with Crippen molar-refractivity contribution >= 4 is 17.8 Å². The van der Waals surface area contributed by atoms with E-state index >= 15 is 0 Å². The first-order valence-electron chi connectivity index (χ1n) is 6.27. The van der Waals surface area contributed by atoms with Crippen molar-refractivity contribution in [3.8, 4) is 0 Å². The second kappa shape index (κ2) is 12.4. The third-order valence-corrected chi connectivity index (χ3v) is 2.17. The van der Waals surface area contributed by atoms with Crippen LogP contribution in [0, 0.1) is 0 Å². The number of hydrogen-bond acceptors (Lipinski definition) is 6. The van der Waals surface area contributed by atoms with Crippen LogP contribution in [0.4, 0.5) is 0 Å². The number of amides is 1. The molecule has 0 rings (SSSR count). The van der Waals surface area contributed by atoms with Crippen LogP contribution in [-0.4, -0.2) is 63.0 Å². The molecule has 0 saturated carbocycles. The number of hydrogen-bond donors (Lipinski definition) is 2. The smallest absolute Gasteiger partial charge is 0.331 e. The molecule has 0 atom stereocenters. The number of methoxy groups -OCH3 is 1. The second-order valence-corrected chi connectivity index (χ2v) is 3.84. The lowest BCUT2D eigenvalue weighted by molar-refractivity contribution is -0.146. The van der Waals surface area contributed by atoms with E-state index in [9.17, 15) is 14.4 Å². The summed E-state index contributed by atoms with van der Waals surface area (Å²) in [5, 5.41) is 11.0. The number of carboxylic acid groups (broad SMARTS) is 1. The average Bonchev–Trinajstić information content (AvgIpc) is 2.42. The Morgan fingerprint density at radius 2 is 1.75 bits per heavy atom. The van der Waals surface area contributed by atoms with Crippen LogP contribution in [0.15, 0.2) is 0 Å². The van der Waals surface area contributed by atoms with E-state index in [1.165, 1.54) is 7.11 Å². The molecule has 20 heavy (non-hydrogen) atoms. The summed E-state index contributed by atoms with van der Waals surface area (Å²) in [7, 11) is 1.28. The van der Waals surface area contributed by atoms with E-state index in [4.69, 9.17) is 14.6 Å². The van der Waals surface area contributed by atoms with E-state index in [0.717, 1.165) is 0 Å². The number of ether oxygens (including phenoxy) is 3. The molecule has 0 heterocycles. The van der Waals surface area contributed by atoms with Gasteiger partial charge in [0.25, 0.3) is 0 Å². The summed E-state index contributed by atoms with van der Waals surface area (Å²) in [5.74, 6) is -1.71. The Balaban J connectivity index is 3.22. The fourth-order valence-electron chi connectivity index (χ4n) is 1.15. The SMILES string of the molecule is COC(=O)COCCOCCCNC(=O)CCC(=O)O. The molecule has 116 valence electrons. The minimum absolute atomic E-state index is 0.0163. The van der Waals surface area contributed by atoms with Gasteiger partial charge in [0.1, 0.15) is 6.61 Å². The molecule has 0 aromatic rings. The zero-order valence-electron chi connectivity index (χ0n) is 11.6. The predicted molar refractivity (Wildman–Crippen MR) is 68.2 cm³/mol. The van der Waals surface area contributed by atoms with Crippen molar-refractivity contribution in [1.29, 1.82) is 0 Å². The summed E-state index contributed by atoms with van der Waals surface area (Å²) in [6.45, 7) is 1.42. The average molecular weight is 291 g/mol. The minimum atomic E-state index is -0.990. The summed E-state index contributed by atoms with van der Waals surface area (Å²) in [4.78, 5) is 32.0. The van der Waals surface area contributed by atoms with E-state index < -0.39 is 11.9 Å². The van der Waals surface area contributed by atoms with Crippen LogP contribution >= 0.6 is 0 Å². The minimum Gasteiger partial charge on any atom is -0.481 e. The molecule has 0 aliphatic carbocycles. The molecule has 0 saturated heterocycles. The molecule has 0 unspecified atom stereocenters. The largest absolute Gasteiger partial charge is 0.481 e. The molecule has 1 amide bonds. The Morgan fingerprint density at radius 1 is 1.05 bits per heavy atom. The Kier molecular flexibility index (Phi) is 11.3. The van der Waals surface area contributed by atoms with Gasteiger partial charge in [-0.05, 0) is 6.42 Å². The van der Waals surface area contributed by atoms with Gasteiger partial charge in [-0.25, -0.2) is 4.79 Å². The summed E-state index contributed by atoms with van der Waals surface area (Å²) in [6, 6.07) is 0. The van der Waals surface area contributed by atoms with Crippen molar-refractivity contribution in [2.45, 2.75) is 19.3 Å². The van der Waals surface area contributed by atoms with Crippen molar-refractivity contribution in [3.63, 3.8) is 0 Å². The highest BCUT2D eigenvalue weighted by Gasteiger charge is 2.04. The van der Waals surface area contributed by atoms with Crippen LogP contribution in [0.1, 0.15) is 19.3 Å². The maximum atomic E-state index is 11.1. The standard InChI is InChI=1S/C12H21NO7/c1-18-12(17)9-20-8-7-19-6-2-5-13-10(14)3-4-11(15)16/h2-9H2,1H3,(H,13,14)(H,15,16). The number of carbonyl (C=O) groups excluding carboxylic acids is 2. The number of carbonyl (C=O) groups is 3. The molecule has 0 spiro atoms. The van der Waals surface area contributed by atoms with Crippen LogP contribution < -0.4 is 5.32 Å². The molecular weight excluding hydrogens is 270 g/mol. The maximum Gasteiger partial charge on any atom is 0.331 e. The lowest BCUT2D eigenvalue weighted by atomic mass is 10.3. The fraction of sp³-hybridized carbons (Fsp3) is 0.750. The lowest BCUT2D eigenvalue weighted by Crippen LogP contribution is -2.25. The third-order valence-electron chi connectivity index (χ3n) is 2.17. The van der Waals surface area contributed by atoms with Gasteiger partial charge in [0.2, 0.25) is 5.91 Å². The molecular formula is C12H21NO7. The van der Waals surface area contributed by atoms with Gasteiger partial charge < -0.3 is 24.6 Å². The Morgan fingerprint density at radius 3 is 2.40 bits per heavy atom. The zero-order chi connectivity index (χ0) is 15.2. The van der Waals surface area contributed by atoms with Gasteiger partial charge in [0.15, 0.2) is 0 Å². The lowest BCUT2D eigenvalue weighted by Gasteiger charge is -2.06. The second-order valence-electron chi connectivity index (χ2n) is 3.84. The zero-order valence-corrected chi connectivity index (χ0v) is 11.6. The molecule has 0 aromatic heterocycles. The van der Waals surface area contributed by atoms with Crippen molar-refractivity contribution in [3.05, 3.63) is 0 Å². The Bertz CT molecular complexity index is 306. The molecule has 2 N–H and O–H groups in total. The van der Waals surface area contributed by atoms with Gasteiger partial charge in [-0.1, -0.05) is 0 Å². The van der Waals surface area contributed by atoms with Gasteiger partial charge in [-0.2, -0.15) is 0 Å². The molecule has 0 fully saturated rings. The molecule has 8 nitrogen and oxygen atoms in total. The first-order valence-corrected chi connectivity index (χ1v) is 6.27. The summed E-state index contributed by atoms with van der Waals surface area (Å²) < 4.78 is 14.6.